The zero-order chi connectivity index (χ0) is 10.9. The van der Waals surface area contributed by atoms with E-state index >= 15 is 0 Å². The fraction of sp³-hybridized carbons (Fsp3) is 0.500. The first kappa shape index (κ1) is 12.6. The Balaban J connectivity index is 2.11. The summed E-state index contributed by atoms with van der Waals surface area (Å²) < 4.78 is 0. The molecule has 3 heteroatoms. The van der Waals surface area contributed by atoms with Crippen LogP contribution >= 0.6 is 11.8 Å². The Morgan fingerprint density at radius 2 is 2.07 bits per heavy atom. The molecule has 0 aliphatic rings. The smallest absolute Gasteiger partial charge is 0.0754 e. The normalized spacial score (nSPS) is 12.7. The van der Waals surface area contributed by atoms with Gasteiger partial charge in [0.25, 0.3) is 0 Å². The summed E-state index contributed by atoms with van der Waals surface area (Å²) in [5.41, 5.74) is 1.32. The maximum atomic E-state index is 9.57. The van der Waals surface area contributed by atoms with Crippen molar-refractivity contribution in [2.75, 3.05) is 18.8 Å². The molecule has 0 fully saturated rings. The van der Waals surface area contributed by atoms with Crippen LogP contribution in [0.5, 0.6) is 0 Å². The highest BCUT2D eigenvalue weighted by Crippen LogP contribution is 2.12. The molecule has 0 bridgehead atoms. The van der Waals surface area contributed by atoms with Gasteiger partial charge in [0, 0.05) is 18.1 Å². The van der Waals surface area contributed by atoms with Gasteiger partial charge >= 0.3 is 0 Å². The molecule has 0 heterocycles. The molecule has 0 aliphatic heterocycles. The Bertz CT molecular complexity index is 253. The average Bonchev–Trinajstić information content (AvgIpc) is 2.28. The second-order valence-corrected chi connectivity index (χ2v) is 4.49. The summed E-state index contributed by atoms with van der Waals surface area (Å²) >= 11 is 1.77. The maximum Gasteiger partial charge on any atom is 0.0754 e. The second-order valence-electron chi connectivity index (χ2n) is 3.46. The molecule has 1 rings (SSSR count). The van der Waals surface area contributed by atoms with E-state index in [4.69, 9.17) is 0 Å². The first-order valence-electron chi connectivity index (χ1n) is 5.33. The van der Waals surface area contributed by atoms with Gasteiger partial charge in [0.15, 0.2) is 0 Å². The average molecular weight is 225 g/mol. The van der Waals surface area contributed by atoms with E-state index in [-0.39, 0.29) is 6.10 Å². The van der Waals surface area contributed by atoms with Crippen molar-refractivity contribution in [3.8, 4) is 0 Å². The van der Waals surface area contributed by atoms with Crippen LogP contribution in [0.25, 0.3) is 0 Å². The largest absolute Gasteiger partial charge is 0.391 e. The summed E-state index contributed by atoms with van der Waals surface area (Å²) in [5.74, 6) is 1.77. The van der Waals surface area contributed by atoms with Gasteiger partial charge in [-0.25, -0.2) is 0 Å². The SMILES string of the molecule is CCNCC(O)CSCc1ccccc1. The molecule has 0 radical (unpaired) electrons. The predicted octanol–water partition coefficient (Wildman–Crippen LogP) is 1.89. The topological polar surface area (TPSA) is 32.3 Å². The highest BCUT2D eigenvalue weighted by molar-refractivity contribution is 7.98. The third kappa shape index (κ3) is 5.82. The molecule has 15 heavy (non-hydrogen) atoms. The van der Waals surface area contributed by atoms with Gasteiger partial charge in [-0.05, 0) is 12.1 Å². The molecule has 1 atom stereocenters. The fourth-order valence-electron chi connectivity index (χ4n) is 1.26. The molecule has 0 amide bonds. The molecule has 0 spiro atoms. The molecule has 0 saturated heterocycles. The molecule has 0 aliphatic carbocycles. The highest BCUT2D eigenvalue weighted by Gasteiger charge is 2.02. The summed E-state index contributed by atoms with van der Waals surface area (Å²) in [6, 6.07) is 10.3. The summed E-state index contributed by atoms with van der Waals surface area (Å²) in [6.45, 7) is 3.66. The van der Waals surface area contributed by atoms with Gasteiger partial charge < -0.3 is 10.4 Å². The van der Waals surface area contributed by atoms with Crippen molar-refractivity contribution >= 4 is 11.8 Å². The Kier molecular flexibility index (Phi) is 6.48. The molecular weight excluding hydrogens is 206 g/mol. The number of hydrogen-bond donors (Lipinski definition) is 2. The van der Waals surface area contributed by atoms with Crippen molar-refractivity contribution in [2.24, 2.45) is 0 Å². The summed E-state index contributed by atoms with van der Waals surface area (Å²) in [7, 11) is 0. The van der Waals surface area contributed by atoms with Crippen LogP contribution < -0.4 is 5.32 Å². The quantitative estimate of drug-likeness (QED) is 0.743. The van der Waals surface area contributed by atoms with E-state index in [0.717, 1.165) is 18.1 Å². The molecule has 1 unspecified atom stereocenters. The van der Waals surface area contributed by atoms with Gasteiger partial charge in [-0.1, -0.05) is 37.3 Å². The molecule has 1 aromatic rings. The summed E-state index contributed by atoms with van der Waals surface area (Å²) in [6.07, 6.45) is -0.237. The number of aliphatic hydroxyl groups excluding tert-OH is 1. The van der Waals surface area contributed by atoms with Crippen LogP contribution in [0.15, 0.2) is 30.3 Å². The molecule has 2 nitrogen and oxygen atoms in total. The van der Waals surface area contributed by atoms with Gasteiger partial charge in [-0.3, -0.25) is 0 Å². The predicted molar refractivity (Wildman–Crippen MR) is 67.2 cm³/mol. The van der Waals surface area contributed by atoms with Crippen LogP contribution in [-0.2, 0) is 5.75 Å². The van der Waals surface area contributed by atoms with Crippen molar-refractivity contribution in [3.05, 3.63) is 35.9 Å². The highest BCUT2D eigenvalue weighted by atomic mass is 32.2. The fourth-order valence-corrected chi connectivity index (χ4v) is 2.19. The first-order valence-corrected chi connectivity index (χ1v) is 6.49. The standard InChI is InChI=1S/C12H19NOS/c1-2-13-8-12(14)10-15-9-11-6-4-3-5-7-11/h3-7,12-14H,2,8-10H2,1H3. The van der Waals surface area contributed by atoms with Gasteiger partial charge in [0.2, 0.25) is 0 Å². The lowest BCUT2D eigenvalue weighted by Crippen LogP contribution is -2.28. The van der Waals surface area contributed by atoms with E-state index in [1.807, 2.05) is 25.1 Å². The van der Waals surface area contributed by atoms with Crippen LogP contribution in [0, 0.1) is 0 Å². The van der Waals surface area contributed by atoms with E-state index in [2.05, 4.69) is 17.4 Å². The van der Waals surface area contributed by atoms with Crippen LogP contribution in [0.4, 0.5) is 0 Å². The van der Waals surface area contributed by atoms with Crippen molar-refractivity contribution in [2.45, 2.75) is 18.8 Å². The summed E-state index contributed by atoms with van der Waals surface area (Å²) in [4.78, 5) is 0. The van der Waals surface area contributed by atoms with Crippen LogP contribution in [-0.4, -0.2) is 30.1 Å². The lowest BCUT2D eigenvalue weighted by atomic mass is 10.2. The Morgan fingerprint density at radius 3 is 2.73 bits per heavy atom. The summed E-state index contributed by atoms with van der Waals surface area (Å²) in [5, 5.41) is 12.7. The molecule has 0 aromatic heterocycles. The van der Waals surface area contributed by atoms with Crippen molar-refractivity contribution < 1.29 is 5.11 Å². The number of aliphatic hydroxyl groups is 1. The van der Waals surface area contributed by atoms with Crippen molar-refractivity contribution in [1.82, 2.24) is 5.32 Å². The van der Waals surface area contributed by atoms with Gasteiger partial charge in [-0.15, -0.1) is 0 Å². The molecule has 2 N–H and O–H groups in total. The minimum absolute atomic E-state index is 0.237. The Morgan fingerprint density at radius 1 is 1.33 bits per heavy atom. The van der Waals surface area contributed by atoms with E-state index in [9.17, 15) is 5.11 Å². The lowest BCUT2D eigenvalue weighted by molar-refractivity contribution is 0.197. The van der Waals surface area contributed by atoms with Crippen molar-refractivity contribution in [1.29, 1.82) is 0 Å². The molecule has 0 saturated carbocycles. The van der Waals surface area contributed by atoms with Gasteiger partial charge in [-0.2, -0.15) is 11.8 Å². The molecular formula is C12H19NOS. The second kappa shape index (κ2) is 7.74. The van der Waals surface area contributed by atoms with Crippen molar-refractivity contribution in [3.63, 3.8) is 0 Å². The monoisotopic (exact) mass is 225 g/mol. The number of rotatable bonds is 7. The number of hydrogen-bond acceptors (Lipinski definition) is 3. The third-order valence-corrected chi connectivity index (χ3v) is 3.21. The van der Waals surface area contributed by atoms with E-state index < -0.39 is 0 Å². The minimum Gasteiger partial charge on any atom is -0.391 e. The first-order chi connectivity index (χ1) is 7.33. The van der Waals surface area contributed by atoms with E-state index in [1.54, 1.807) is 11.8 Å². The molecule has 1 aromatic carbocycles. The minimum atomic E-state index is -0.237. The number of nitrogens with one attached hydrogen (secondary N) is 1. The van der Waals surface area contributed by atoms with Crippen LogP contribution in [0.1, 0.15) is 12.5 Å². The Labute approximate surface area is 96.1 Å². The zero-order valence-electron chi connectivity index (χ0n) is 9.15. The molecule has 84 valence electrons. The lowest BCUT2D eigenvalue weighted by Gasteiger charge is -2.10. The Hall–Kier alpha value is -0.510. The van der Waals surface area contributed by atoms with E-state index in [1.165, 1.54) is 5.56 Å². The van der Waals surface area contributed by atoms with E-state index in [0.29, 0.717) is 6.54 Å². The van der Waals surface area contributed by atoms with Crippen LogP contribution in [0.2, 0.25) is 0 Å². The maximum absolute atomic E-state index is 9.57. The van der Waals surface area contributed by atoms with Gasteiger partial charge in [0.05, 0.1) is 6.10 Å². The number of thioether (sulfide) groups is 1. The number of benzene rings is 1. The van der Waals surface area contributed by atoms with Crippen LogP contribution in [0.3, 0.4) is 0 Å². The third-order valence-electron chi connectivity index (χ3n) is 2.05. The number of likely N-dealkylation sites (N-methyl/N-ethyl adjacent to an activating group) is 1. The zero-order valence-corrected chi connectivity index (χ0v) is 9.96. The van der Waals surface area contributed by atoms with Gasteiger partial charge in [0.1, 0.15) is 0 Å².